The van der Waals surface area contributed by atoms with E-state index in [0.717, 1.165) is 19.6 Å². The van der Waals surface area contributed by atoms with Gasteiger partial charge in [-0.25, -0.2) is 13.1 Å². The highest BCUT2D eigenvalue weighted by Crippen LogP contribution is 1.94. The van der Waals surface area contributed by atoms with E-state index in [0.29, 0.717) is 0 Å². The Kier molecular flexibility index (Phi) is 6.31. The van der Waals surface area contributed by atoms with Crippen LogP contribution in [-0.2, 0) is 10.0 Å². The van der Waals surface area contributed by atoms with Gasteiger partial charge in [0.1, 0.15) is 0 Å². The molecule has 0 aromatic carbocycles. The van der Waals surface area contributed by atoms with Crippen LogP contribution < -0.4 is 4.72 Å². The third-order valence-corrected chi connectivity index (χ3v) is 3.71. The lowest BCUT2D eigenvalue weighted by atomic mass is 10.3. The SMILES string of the molecule is CCN(CC)CC(C)NS(=O)(=O)CC. The molecule has 0 saturated carbocycles. The average molecular weight is 222 g/mol. The standard InChI is InChI=1S/C9H22N2O2S/c1-5-11(6-2)8-9(4)10-14(12,13)7-3/h9-10H,5-8H2,1-4H3. The van der Waals surface area contributed by atoms with E-state index in [-0.39, 0.29) is 11.8 Å². The molecular formula is C9H22N2O2S. The molecular weight excluding hydrogens is 200 g/mol. The monoisotopic (exact) mass is 222 g/mol. The Hall–Kier alpha value is -0.130. The minimum absolute atomic E-state index is 0.0140. The number of nitrogens with zero attached hydrogens (tertiary/aromatic N) is 1. The molecule has 86 valence electrons. The predicted molar refractivity (Wildman–Crippen MR) is 59.8 cm³/mol. The summed E-state index contributed by atoms with van der Waals surface area (Å²) in [6.07, 6.45) is 0. The third-order valence-electron chi connectivity index (χ3n) is 2.19. The van der Waals surface area contributed by atoms with Gasteiger partial charge < -0.3 is 4.90 Å². The summed E-state index contributed by atoms with van der Waals surface area (Å²) in [7, 11) is -3.06. The van der Waals surface area contributed by atoms with Gasteiger partial charge in [0.2, 0.25) is 10.0 Å². The van der Waals surface area contributed by atoms with Crippen LogP contribution in [0, 0.1) is 0 Å². The van der Waals surface area contributed by atoms with Crippen LogP contribution in [0.3, 0.4) is 0 Å². The summed E-state index contributed by atoms with van der Waals surface area (Å²) >= 11 is 0. The molecule has 0 spiro atoms. The Labute approximate surface area is 87.7 Å². The molecule has 0 heterocycles. The van der Waals surface area contributed by atoms with Crippen molar-refractivity contribution in [3.05, 3.63) is 0 Å². The summed E-state index contributed by atoms with van der Waals surface area (Å²) in [4.78, 5) is 2.20. The second-order valence-electron chi connectivity index (χ2n) is 3.41. The second-order valence-corrected chi connectivity index (χ2v) is 5.45. The fourth-order valence-corrected chi connectivity index (χ4v) is 2.15. The number of rotatable bonds is 7. The Morgan fingerprint density at radius 3 is 2.07 bits per heavy atom. The van der Waals surface area contributed by atoms with E-state index in [4.69, 9.17) is 0 Å². The van der Waals surface area contributed by atoms with E-state index in [1.807, 2.05) is 6.92 Å². The predicted octanol–water partition coefficient (Wildman–Crippen LogP) is 0.656. The van der Waals surface area contributed by atoms with Crippen LogP contribution in [0.2, 0.25) is 0 Å². The van der Waals surface area contributed by atoms with Gasteiger partial charge in [0, 0.05) is 12.6 Å². The highest BCUT2D eigenvalue weighted by molar-refractivity contribution is 7.89. The number of likely N-dealkylation sites (N-methyl/N-ethyl adjacent to an activating group) is 1. The van der Waals surface area contributed by atoms with Crippen molar-refractivity contribution in [2.45, 2.75) is 33.7 Å². The Morgan fingerprint density at radius 2 is 1.71 bits per heavy atom. The average Bonchev–Trinajstić information content (AvgIpc) is 2.13. The molecule has 14 heavy (non-hydrogen) atoms. The molecule has 0 bridgehead atoms. The molecule has 5 heteroatoms. The number of hydrogen-bond acceptors (Lipinski definition) is 3. The minimum Gasteiger partial charge on any atom is -0.302 e. The van der Waals surface area contributed by atoms with Crippen molar-refractivity contribution >= 4 is 10.0 Å². The lowest BCUT2D eigenvalue weighted by Gasteiger charge is -2.23. The number of hydrogen-bond donors (Lipinski definition) is 1. The quantitative estimate of drug-likeness (QED) is 0.688. The van der Waals surface area contributed by atoms with Gasteiger partial charge in [-0.2, -0.15) is 0 Å². The molecule has 1 unspecified atom stereocenters. The third kappa shape index (κ3) is 5.57. The molecule has 1 atom stereocenters. The zero-order valence-corrected chi connectivity index (χ0v) is 10.4. The van der Waals surface area contributed by atoms with Crippen LogP contribution in [-0.4, -0.2) is 44.7 Å². The van der Waals surface area contributed by atoms with Crippen molar-refractivity contribution in [3.8, 4) is 0 Å². The lowest BCUT2D eigenvalue weighted by molar-refractivity contribution is 0.282. The molecule has 0 amide bonds. The molecule has 1 N–H and O–H groups in total. The van der Waals surface area contributed by atoms with E-state index in [1.165, 1.54) is 0 Å². The van der Waals surface area contributed by atoms with Crippen LogP contribution in [0.4, 0.5) is 0 Å². The van der Waals surface area contributed by atoms with E-state index < -0.39 is 10.0 Å². The molecule has 0 saturated heterocycles. The second kappa shape index (κ2) is 6.37. The smallest absolute Gasteiger partial charge is 0.211 e. The van der Waals surface area contributed by atoms with Gasteiger partial charge in [0.25, 0.3) is 0 Å². The maximum absolute atomic E-state index is 11.2. The Bertz CT molecular complexity index is 235. The first kappa shape index (κ1) is 13.9. The highest BCUT2D eigenvalue weighted by atomic mass is 32.2. The molecule has 0 aromatic rings. The number of nitrogens with one attached hydrogen (secondary N) is 1. The van der Waals surface area contributed by atoms with Crippen LogP contribution >= 0.6 is 0 Å². The maximum atomic E-state index is 11.2. The fourth-order valence-electron chi connectivity index (χ4n) is 1.30. The van der Waals surface area contributed by atoms with Crippen LogP contribution in [0.5, 0.6) is 0 Å². The van der Waals surface area contributed by atoms with Crippen molar-refractivity contribution in [1.82, 2.24) is 9.62 Å². The molecule has 0 aliphatic carbocycles. The topological polar surface area (TPSA) is 49.4 Å². The zero-order valence-electron chi connectivity index (χ0n) is 9.58. The lowest BCUT2D eigenvalue weighted by Crippen LogP contribution is -2.42. The van der Waals surface area contributed by atoms with E-state index in [1.54, 1.807) is 6.92 Å². The minimum atomic E-state index is -3.06. The first-order chi connectivity index (χ1) is 6.45. The summed E-state index contributed by atoms with van der Waals surface area (Å²) in [6, 6.07) is -0.0140. The largest absolute Gasteiger partial charge is 0.302 e. The van der Waals surface area contributed by atoms with E-state index >= 15 is 0 Å². The summed E-state index contributed by atoms with van der Waals surface area (Å²) in [5.41, 5.74) is 0. The van der Waals surface area contributed by atoms with Gasteiger partial charge in [-0.1, -0.05) is 13.8 Å². The zero-order chi connectivity index (χ0) is 11.2. The summed E-state index contributed by atoms with van der Waals surface area (Å²) in [6.45, 7) is 10.4. The van der Waals surface area contributed by atoms with Gasteiger partial charge in [0.15, 0.2) is 0 Å². The van der Waals surface area contributed by atoms with Crippen molar-refractivity contribution in [2.75, 3.05) is 25.4 Å². The van der Waals surface area contributed by atoms with Gasteiger partial charge in [-0.15, -0.1) is 0 Å². The summed E-state index contributed by atoms with van der Waals surface area (Å²) in [5, 5.41) is 0. The van der Waals surface area contributed by atoms with E-state index in [9.17, 15) is 8.42 Å². The van der Waals surface area contributed by atoms with E-state index in [2.05, 4.69) is 23.5 Å². The van der Waals surface area contributed by atoms with Gasteiger partial charge in [-0.05, 0) is 26.9 Å². The molecule has 0 radical (unpaired) electrons. The van der Waals surface area contributed by atoms with Gasteiger partial charge in [0.05, 0.1) is 5.75 Å². The van der Waals surface area contributed by atoms with Crippen molar-refractivity contribution in [3.63, 3.8) is 0 Å². The molecule has 0 aliphatic heterocycles. The Morgan fingerprint density at radius 1 is 1.21 bits per heavy atom. The first-order valence-corrected chi connectivity index (χ1v) is 6.82. The molecule has 0 rings (SSSR count). The number of sulfonamides is 1. The summed E-state index contributed by atoms with van der Waals surface area (Å²) < 4.78 is 25.1. The normalized spacial score (nSPS) is 14.6. The summed E-state index contributed by atoms with van der Waals surface area (Å²) in [5.74, 6) is 0.148. The first-order valence-electron chi connectivity index (χ1n) is 5.17. The van der Waals surface area contributed by atoms with Crippen LogP contribution in [0.15, 0.2) is 0 Å². The molecule has 4 nitrogen and oxygen atoms in total. The van der Waals surface area contributed by atoms with Crippen LogP contribution in [0.25, 0.3) is 0 Å². The Balaban J connectivity index is 4.03. The van der Waals surface area contributed by atoms with Crippen LogP contribution in [0.1, 0.15) is 27.7 Å². The fraction of sp³-hybridized carbons (Fsp3) is 1.00. The van der Waals surface area contributed by atoms with Gasteiger partial charge in [-0.3, -0.25) is 0 Å². The molecule has 0 aliphatic rings. The van der Waals surface area contributed by atoms with Gasteiger partial charge >= 0.3 is 0 Å². The van der Waals surface area contributed by atoms with Crippen molar-refractivity contribution in [1.29, 1.82) is 0 Å². The maximum Gasteiger partial charge on any atom is 0.211 e. The van der Waals surface area contributed by atoms with Crippen molar-refractivity contribution in [2.24, 2.45) is 0 Å². The molecule has 0 aromatic heterocycles. The highest BCUT2D eigenvalue weighted by Gasteiger charge is 2.13. The van der Waals surface area contributed by atoms with Crippen molar-refractivity contribution < 1.29 is 8.42 Å². The molecule has 0 fully saturated rings.